The molecule has 2 aliphatic rings. The molecular formula is C32H36ClN5O2. The number of fused-ring (bicyclic) bond motifs is 1. The van der Waals surface area contributed by atoms with E-state index in [1.54, 1.807) is 7.11 Å². The lowest BCUT2D eigenvalue weighted by atomic mass is 9.96. The zero-order valence-corrected chi connectivity index (χ0v) is 23.8. The van der Waals surface area contributed by atoms with Crippen LogP contribution in [0.25, 0.3) is 11.0 Å². The van der Waals surface area contributed by atoms with Crippen LogP contribution in [0.3, 0.4) is 0 Å². The lowest BCUT2D eigenvalue weighted by molar-refractivity contribution is -0.137. The van der Waals surface area contributed by atoms with E-state index in [0.29, 0.717) is 5.91 Å². The average Bonchev–Trinajstić information content (AvgIpc) is 3.34. The number of piperazine rings is 1. The second-order valence-corrected chi connectivity index (χ2v) is 11.3. The number of halogens is 1. The first kappa shape index (κ1) is 26.7. The van der Waals surface area contributed by atoms with Crippen molar-refractivity contribution in [1.82, 2.24) is 19.4 Å². The maximum atomic E-state index is 13.6. The molecule has 0 unspecified atom stereocenters. The summed E-state index contributed by atoms with van der Waals surface area (Å²) >= 11 is 6.13. The van der Waals surface area contributed by atoms with Crippen molar-refractivity contribution in [3.8, 4) is 5.75 Å². The van der Waals surface area contributed by atoms with Gasteiger partial charge in [-0.2, -0.15) is 0 Å². The molecule has 4 aromatic rings. The van der Waals surface area contributed by atoms with Crippen molar-refractivity contribution >= 4 is 34.2 Å². The van der Waals surface area contributed by atoms with Crippen LogP contribution in [0.4, 0.5) is 5.69 Å². The Morgan fingerprint density at radius 1 is 0.950 bits per heavy atom. The Balaban J connectivity index is 1.11. The minimum absolute atomic E-state index is 0.0335. The third-order valence-corrected chi connectivity index (χ3v) is 8.47. The third kappa shape index (κ3) is 5.81. The minimum atomic E-state index is 0.0335. The summed E-state index contributed by atoms with van der Waals surface area (Å²) in [6.07, 6.45) is 1.98. The molecule has 6 rings (SSSR count). The summed E-state index contributed by atoms with van der Waals surface area (Å²) in [5.74, 6) is 2.23. The van der Waals surface area contributed by atoms with Gasteiger partial charge in [0.05, 0.1) is 30.6 Å². The lowest BCUT2D eigenvalue weighted by Crippen LogP contribution is -2.52. The molecule has 0 radical (unpaired) electrons. The second-order valence-electron chi connectivity index (χ2n) is 10.8. The molecule has 2 saturated heterocycles. The zero-order chi connectivity index (χ0) is 27.5. The van der Waals surface area contributed by atoms with Gasteiger partial charge in [0, 0.05) is 56.0 Å². The number of imidazole rings is 1. The predicted molar refractivity (Wildman–Crippen MR) is 160 cm³/mol. The normalized spacial score (nSPS) is 18.3. The van der Waals surface area contributed by atoms with E-state index in [9.17, 15) is 4.79 Å². The molecule has 0 spiro atoms. The number of likely N-dealkylation sites (tertiary alicyclic amines) is 1. The zero-order valence-electron chi connectivity index (χ0n) is 23.0. The molecule has 0 saturated carbocycles. The van der Waals surface area contributed by atoms with E-state index in [1.165, 1.54) is 5.56 Å². The van der Waals surface area contributed by atoms with E-state index < -0.39 is 0 Å². The van der Waals surface area contributed by atoms with Crippen LogP contribution in [-0.2, 0) is 17.9 Å². The molecule has 7 nitrogen and oxygen atoms in total. The molecule has 0 N–H and O–H groups in total. The first-order valence-corrected chi connectivity index (χ1v) is 14.5. The number of aromatic nitrogens is 2. The van der Waals surface area contributed by atoms with Gasteiger partial charge in [0.15, 0.2) is 0 Å². The van der Waals surface area contributed by atoms with E-state index in [-0.39, 0.29) is 5.92 Å². The van der Waals surface area contributed by atoms with Crippen LogP contribution in [0.5, 0.6) is 5.75 Å². The summed E-state index contributed by atoms with van der Waals surface area (Å²) < 4.78 is 7.70. The van der Waals surface area contributed by atoms with Crippen molar-refractivity contribution in [2.45, 2.75) is 25.9 Å². The molecular weight excluding hydrogens is 522 g/mol. The molecule has 2 aliphatic heterocycles. The summed E-state index contributed by atoms with van der Waals surface area (Å²) in [5.41, 5.74) is 4.47. The van der Waals surface area contributed by atoms with E-state index in [0.717, 1.165) is 98.5 Å². The number of amides is 1. The number of carbonyl (C=O) groups is 1. The monoisotopic (exact) mass is 557 g/mol. The van der Waals surface area contributed by atoms with Gasteiger partial charge in [-0.15, -0.1) is 0 Å². The van der Waals surface area contributed by atoms with Crippen molar-refractivity contribution in [2.75, 3.05) is 51.3 Å². The van der Waals surface area contributed by atoms with E-state index in [4.69, 9.17) is 21.3 Å². The maximum Gasteiger partial charge on any atom is 0.227 e. The molecule has 40 heavy (non-hydrogen) atoms. The quantitative estimate of drug-likeness (QED) is 0.308. The topological polar surface area (TPSA) is 53.8 Å². The molecule has 1 aromatic heterocycles. The number of methoxy groups -OCH3 is 1. The number of anilines is 1. The number of benzene rings is 3. The largest absolute Gasteiger partial charge is 0.497 e. The first-order valence-electron chi connectivity index (χ1n) is 14.2. The summed E-state index contributed by atoms with van der Waals surface area (Å²) in [6, 6.07) is 24.5. The predicted octanol–water partition coefficient (Wildman–Crippen LogP) is 5.31. The fourth-order valence-electron chi connectivity index (χ4n) is 6.05. The standard InChI is InChI=1S/C32H36ClN5O2/c1-40-28-8-4-7-27(20-28)36-16-18-37(19-17-36)32(39)25-6-5-15-35(22-25)23-31-34-29-9-2-3-10-30(29)38(31)21-24-11-13-26(33)14-12-24/h2-4,7-14,20,25H,5-6,15-19,21-23H2,1H3/t25-/m0/s1. The molecule has 2 fully saturated rings. The minimum Gasteiger partial charge on any atom is -0.497 e. The fourth-order valence-corrected chi connectivity index (χ4v) is 6.17. The van der Waals surface area contributed by atoms with Crippen LogP contribution in [-0.4, -0.2) is 71.6 Å². The van der Waals surface area contributed by atoms with E-state index in [1.807, 2.05) is 30.3 Å². The van der Waals surface area contributed by atoms with Gasteiger partial charge in [-0.3, -0.25) is 9.69 Å². The number of ether oxygens (including phenoxy) is 1. The Hall–Kier alpha value is -3.55. The maximum absolute atomic E-state index is 13.6. The molecule has 8 heteroatoms. The number of nitrogens with zero attached hydrogens (tertiary/aromatic N) is 5. The SMILES string of the molecule is COc1cccc(N2CCN(C(=O)[C@H]3CCCN(Cc4nc5ccccc5n4Cc4ccc(Cl)cc4)C3)CC2)c1. The number of carbonyl (C=O) groups excluding carboxylic acids is 1. The number of para-hydroxylation sites is 2. The van der Waals surface area contributed by atoms with Crippen LogP contribution in [0.1, 0.15) is 24.2 Å². The summed E-state index contributed by atoms with van der Waals surface area (Å²) in [6.45, 7) is 6.41. The van der Waals surface area contributed by atoms with E-state index >= 15 is 0 Å². The molecule has 208 valence electrons. The van der Waals surface area contributed by atoms with Crippen molar-refractivity contribution in [2.24, 2.45) is 5.92 Å². The second kappa shape index (κ2) is 11.9. The van der Waals surface area contributed by atoms with Gasteiger partial charge >= 0.3 is 0 Å². The molecule has 0 bridgehead atoms. The van der Waals surface area contributed by atoms with Gasteiger partial charge in [0.2, 0.25) is 5.91 Å². The first-order chi connectivity index (χ1) is 19.6. The Kier molecular flexibility index (Phi) is 7.93. The summed E-state index contributed by atoms with van der Waals surface area (Å²) in [7, 11) is 1.69. The smallest absolute Gasteiger partial charge is 0.227 e. The highest BCUT2D eigenvalue weighted by Crippen LogP contribution is 2.26. The molecule has 0 aliphatic carbocycles. The van der Waals surface area contributed by atoms with Crippen molar-refractivity contribution in [1.29, 1.82) is 0 Å². The highest BCUT2D eigenvalue weighted by atomic mass is 35.5. The summed E-state index contributed by atoms with van der Waals surface area (Å²) in [5, 5.41) is 0.741. The number of hydrogen-bond acceptors (Lipinski definition) is 5. The van der Waals surface area contributed by atoms with Crippen LogP contribution in [0.2, 0.25) is 5.02 Å². The van der Waals surface area contributed by atoms with Crippen molar-refractivity contribution < 1.29 is 9.53 Å². The van der Waals surface area contributed by atoms with Crippen LogP contribution in [0.15, 0.2) is 72.8 Å². The molecule has 3 aromatic carbocycles. The lowest BCUT2D eigenvalue weighted by Gasteiger charge is -2.39. The Bertz CT molecular complexity index is 1460. The van der Waals surface area contributed by atoms with E-state index in [2.05, 4.69) is 61.7 Å². The Morgan fingerprint density at radius 2 is 1.75 bits per heavy atom. The van der Waals surface area contributed by atoms with Gasteiger partial charge in [0.25, 0.3) is 0 Å². The Morgan fingerprint density at radius 3 is 2.55 bits per heavy atom. The van der Waals surface area contributed by atoms with Gasteiger partial charge in [0.1, 0.15) is 11.6 Å². The summed E-state index contributed by atoms with van der Waals surface area (Å²) in [4.78, 5) is 25.4. The highest BCUT2D eigenvalue weighted by Gasteiger charge is 2.31. The van der Waals surface area contributed by atoms with Crippen LogP contribution in [0, 0.1) is 5.92 Å². The average molecular weight is 558 g/mol. The number of rotatable bonds is 7. The number of piperidine rings is 1. The van der Waals surface area contributed by atoms with Gasteiger partial charge in [-0.1, -0.05) is 41.9 Å². The van der Waals surface area contributed by atoms with Gasteiger partial charge in [-0.25, -0.2) is 4.98 Å². The van der Waals surface area contributed by atoms with Crippen molar-refractivity contribution in [3.63, 3.8) is 0 Å². The van der Waals surface area contributed by atoms with Gasteiger partial charge < -0.3 is 19.1 Å². The fraction of sp³-hybridized carbons (Fsp3) is 0.375. The Labute approximate surface area is 240 Å². The van der Waals surface area contributed by atoms with Crippen LogP contribution >= 0.6 is 11.6 Å². The highest BCUT2D eigenvalue weighted by molar-refractivity contribution is 6.30. The van der Waals surface area contributed by atoms with Crippen LogP contribution < -0.4 is 9.64 Å². The number of hydrogen-bond donors (Lipinski definition) is 0. The molecule has 1 amide bonds. The molecule has 1 atom stereocenters. The van der Waals surface area contributed by atoms with Crippen molar-refractivity contribution in [3.05, 3.63) is 89.2 Å². The molecule has 3 heterocycles. The third-order valence-electron chi connectivity index (χ3n) is 8.22. The van der Waals surface area contributed by atoms with Gasteiger partial charge in [-0.05, 0) is 61.3 Å².